The quantitative estimate of drug-likeness (QED) is 0.829. The van der Waals surface area contributed by atoms with Crippen LogP contribution in [0, 0.1) is 0 Å². The third-order valence-electron chi connectivity index (χ3n) is 3.40. The predicted molar refractivity (Wildman–Crippen MR) is 70.9 cm³/mol. The Balaban J connectivity index is 2.24. The zero-order valence-corrected chi connectivity index (χ0v) is 11.5. The Labute approximate surface area is 113 Å². The first-order chi connectivity index (χ1) is 9.21. The highest BCUT2D eigenvalue weighted by Crippen LogP contribution is 2.32. The standard InChI is InChI=1S/C14H19NO4/c1-17-10-7-8-15(9-10)14(16)11-5-4-6-12(18-2)13(11)19-3/h4-6,10H,7-9H2,1-3H3/t10-/m1/s1. The predicted octanol–water partition coefficient (Wildman–Crippen LogP) is 1.56. The molecule has 0 saturated carbocycles. The maximum Gasteiger partial charge on any atom is 0.257 e. The minimum Gasteiger partial charge on any atom is -0.493 e. The fraction of sp³-hybridized carbons (Fsp3) is 0.500. The van der Waals surface area contributed by atoms with E-state index >= 15 is 0 Å². The van der Waals surface area contributed by atoms with Crippen molar-refractivity contribution in [2.24, 2.45) is 0 Å². The van der Waals surface area contributed by atoms with Gasteiger partial charge in [-0.2, -0.15) is 0 Å². The van der Waals surface area contributed by atoms with Crippen LogP contribution in [0.15, 0.2) is 18.2 Å². The van der Waals surface area contributed by atoms with E-state index in [-0.39, 0.29) is 12.0 Å². The summed E-state index contributed by atoms with van der Waals surface area (Å²) in [4.78, 5) is 14.3. The molecule has 0 aliphatic carbocycles. The molecule has 1 aliphatic heterocycles. The van der Waals surface area contributed by atoms with E-state index in [0.29, 0.717) is 30.2 Å². The fourth-order valence-corrected chi connectivity index (χ4v) is 2.33. The van der Waals surface area contributed by atoms with Gasteiger partial charge in [-0.1, -0.05) is 6.07 Å². The molecule has 0 bridgehead atoms. The van der Waals surface area contributed by atoms with Crippen LogP contribution in [0.4, 0.5) is 0 Å². The second-order valence-electron chi connectivity index (χ2n) is 4.44. The molecule has 5 heteroatoms. The lowest BCUT2D eigenvalue weighted by molar-refractivity contribution is 0.0720. The van der Waals surface area contributed by atoms with Gasteiger partial charge in [0.05, 0.1) is 25.9 Å². The minimum absolute atomic E-state index is 0.0460. The Kier molecular flexibility index (Phi) is 4.27. The average Bonchev–Trinajstić information content (AvgIpc) is 2.94. The van der Waals surface area contributed by atoms with E-state index in [1.807, 2.05) is 0 Å². The van der Waals surface area contributed by atoms with Crippen LogP contribution in [0.2, 0.25) is 0 Å². The van der Waals surface area contributed by atoms with Crippen molar-refractivity contribution in [3.05, 3.63) is 23.8 Å². The van der Waals surface area contributed by atoms with Gasteiger partial charge in [0.2, 0.25) is 0 Å². The molecule has 0 aromatic heterocycles. The van der Waals surface area contributed by atoms with Crippen LogP contribution >= 0.6 is 0 Å². The normalized spacial score (nSPS) is 18.5. The maximum absolute atomic E-state index is 12.5. The van der Waals surface area contributed by atoms with Gasteiger partial charge in [0, 0.05) is 20.2 Å². The summed E-state index contributed by atoms with van der Waals surface area (Å²) in [7, 11) is 4.77. The van der Waals surface area contributed by atoms with Gasteiger partial charge in [0.1, 0.15) is 0 Å². The number of ether oxygens (including phenoxy) is 3. The molecular formula is C14H19NO4. The Morgan fingerprint density at radius 2 is 2.05 bits per heavy atom. The molecule has 0 radical (unpaired) electrons. The van der Waals surface area contributed by atoms with Gasteiger partial charge < -0.3 is 19.1 Å². The van der Waals surface area contributed by atoms with Crippen molar-refractivity contribution >= 4 is 5.91 Å². The molecule has 2 rings (SSSR count). The lowest BCUT2D eigenvalue weighted by Crippen LogP contribution is -2.30. The summed E-state index contributed by atoms with van der Waals surface area (Å²) >= 11 is 0. The number of rotatable bonds is 4. The highest BCUT2D eigenvalue weighted by molar-refractivity contribution is 5.98. The second-order valence-corrected chi connectivity index (χ2v) is 4.44. The second kappa shape index (κ2) is 5.93. The van der Waals surface area contributed by atoms with Crippen molar-refractivity contribution in [3.63, 3.8) is 0 Å². The topological polar surface area (TPSA) is 48.0 Å². The van der Waals surface area contributed by atoms with Crippen LogP contribution in [0.1, 0.15) is 16.8 Å². The van der Waals surface area contributed by atoms with E-state index in [0.717, 1.165) is 6.42 Å². The van der Waals surface area contributed by atoms with Gasteiger partial charge in [-0.3, -0.25) is 4.79 Å². The molecule has 1 aliphatic rings. The fourth-order valence-electron chi connectivity index (χ4n) is 2.33. The van der Waals surface area contributed by atoms with Crippen LogP contribution in [0.5, 0.6) is 11.5 Å². The molecule has 5 nitrogen and oxygen atoms in total. The number of carbonyl (C=O) groups excluding carboxylic acids is 1. The van der Waals surface area contributed by atoms with Crippen LogP contribution in [0.25, 0.3) is 0 Å². The largest absolute Gasteiger partial charge is 0.493 e. The number of amides is 1. The molecule has 0 spiro atoms. The first kappa shape index (κ1) is 13.7. The average molecular weight is 265 g/mol. The Hall–Kier alpha value is -1.75. The van der Waals surface area contributed by atoms with Crippen molar-refractivity contribution in [1.82, 2.24) is 4.90 Å². The highest BCUT2D eigenvalue weighted by atomic mass is 16.5. The number of para-hydroxylation sites is 1. The molecule has 0 unspecified atom stereocenters. The van der Waals surface area contributed by atoms with Gasteiger partial charge in [0.15, 0.2) is 11.5 Å². The van der Waals surface area contributed by atoms with Crippen LogP contribution in [-0.2, 0) is 4.74 Å². The van der Waals surface area contributed by atoms with Gasteiger partial charge in [-0.25, -0.2) is 0 Å². The molecule has 1 saturated heterocycles. The molecule has 1 fully saturated rings. The van der Waals surface area contributed by atoms with E-state index in [9.17, 15) is 4.79 Å². The number of methoxy groups -OCH3 is 3. The number of benzene rings is 1. The Bertz CT molecular complexity index is 461. The maximum atomic E-state index is 12.5. The molecule has 1 aromatic rings. The molecule has 1 amide bonds. The number of likely N-dealkylation sites (tertiary alicyclic amines) is 1. The van der Waals surface area contributed by atoms with Crippen LogP contribution in [0.3, 0.4) is 0 Å². The van der Waals surface area contributed by atoms with Gasteiger partial charge in [-0.15, -0.1) is 0 Å². The van der Waals surface area contributed by atoms with Gasteiger partial charge in [0.25, 0.3) is 5.91 Å². The molecule has 0 N–H and O–H groups in total. The van der Waals surface area contributed by atoms with E-state index < -0.39 is 0 Å². The minimum atomic E-state index is -0.0460. The zero-order chi connectivity index (χ0) is 13.8. The molecule has 1 heterocycles. The Morgan fingerprint density at radius 3 is 2.63 bits per heavy atom. The smallest absolute Gasteiger partial charge is 0.257 e. The van der Waals surface area contributed by atoms with Crippen molar-refractivity contribution in [2.75, 3.05) is 34.4 Å². The molecule has 1 aromatic carbocycles. The SMILES string of the molecule is COc1cccc(C(=O)N2CC[C@@H](OC)C2)c1OC. The number of hydrogen-bond acceptors (Lipinski definition) is 4. The molecule has 1 atom stereocenters. The summed E-state index contributed by atoms with van der Waals surface area (Å²) in [6.07, 6.45) is 0.995. The van der Waals surface area contributed by atoms with Crippen molar-refractivity contribution in [2.45, 2.75) is 12.5 Å². The molecule has 104 valence electrons. The molecule has 19 heavy (non-hydrogen) atoms. The lowest BCUT2D eigenvalue weighted by Gasteiger charge is -2.18. The summed E-state index contributed by atoms with van der Waals surface area (Å²) in [6, 6.07) is 5.32. The van der Waals surface area contributed by atoms with Crippen LogP contribution in [-0.4, -0.2) is 51.3 Å². The van der Waals surface area contributed by atoms with Crippen molar-refractivity contribution in [3.8, 4) is 11.5 Å². The lowest BCUT2D eigenvalue weighted by atomic mass is 10.1. The van der Waals surface area contributed by atoms with Gasteiger partial charge >= 0.3 is 0 Å². The highest BCUT2D eigenvalue weighted by Gasteiger charge is 2.29. The summed E-state index contributed by atoms with van der Waals surface area (Å²) in [5, 5.41) is 0. The summed E-state index contributed by atoms with van der Waals surface area (Å²) in [6.45, 7) is 1.33. The third kappa shape index (κ3) is 2.66. The van der Waals surface area contributed by atoms with Gasteiger partial charge in [-0.05, 0) is 18.6 Å². The van der Waals surface area contributed by atoms with Crippen molar-refractivity contribution in [1.29, 1.82) is 0 Å². The first-order valence-corrected chi connectivity index (χ1v) is 6.24. The van der Waals surface area contributed by atoms with E-state index in [1.165, 1.54) is 7.11 Å². The number of nitrogens with zero attached hydrogens (tertiary/aromatic N) is 1. The third-order valence-corrected chi connectivity index (χ3v) is 3.40. The van der Waals surface area contributed by atoms with E-state index in [1.54, 1.807) is 37.3 Å². The monoisotopic (exact) mass is 265 g/mol. The number of carbonyl (C=O) groups is 1. The Morgan fingerprint density at radius 1 is 1.26 bits per heavy atom. The zero-order valence-electron chi connectivity index (χ0n) is 11.5. The van der Waals surface area contributed by atoms with E-state index in [2.05, 4.69) is 0 Å². The van der Waals surface area contributed by atoms with Crippen LogP contribution < -0.4 is 9.47 Å². The van der Waals surface area contributed by atoms with Crippen molar-refractivity contribution < 1.29 is 19.0 Å². The summed E-state index contributed by atoms with van der Waals surface area (Å²) in [5.74, 6) is 1.00. The number of hydrogen-bond donors (Lipinski definition) is 0. The summed E-state index contributed by atoms with van der Waals surface area (Å²) < 4.78 is 15.8. The summed E-state index contributed by atoms with van der Waals surface area (Å²) in [5.41, 5.74) is 0.526. The van der Waals surface area contributed by atoms with E-state index in [4.69, 9.17) is 14.2 Å². The molecular weight excluding hydrogens is 246 g/mol. The first-order valence-electron chi connectivity index (χ1n) is 6.24.